The summed E-state index contributed by atoms with van der Waals surface area (Å²) < 4.78 is 5.74. The van der Waals surface area contributed by atoms with Crippen molar-refractivity contribution < 1.29 is 14.3 Å². The quantitative estimate of drug-likeness (QED) is 0.803. The molecule has 0 aromatic heterocycles. The van der Waals surface area contributed by atoms with Gasteiger partial charge < -0.3 is 15.4 Å². The highest BCUT2D eigenvalue weighted by Gasteiger charge is 2.26. The van der Waals surface area contributed by atoms with Crippen LogP contribution in [0.1, 0.15) is 29.6 Å². The lowest BCUT2D eigenvalue weighted by molar-refractivity contribution is -0.123. The highest BCUT2D eigenvalue weighted by atomic mass is 16.5. The van der Waals surface area contributed by atoms with Crippen molar-refractivity contribution in [1.29, 1.82) is 0 Å². The normalized spacial score (nSPS) is 15.8. The number of benzene rings is 2. The maximum atomic E-state index is 12.0. The third kappa shape index (κ3) is 3.93. The monoisotopic (exact) mass is 324 g/mol. The highest BCUT2D eigenvalue weighted by molar-refractivity contribution is 5.97. The van der Waals surface area contributed by atoms with E-state index in [1.165, 1.54) is 0 Å². The molecule has 1 aliphatic rings. The van der Waals surface area contributed by atoms with E-state index in [2.05, 4.69) is 10.6 Å². The van der Waals surface area contributed by atoms with E-state index in [1.54, 1.807) is 12.1 Å². The van der Waals surface area contributed by atoms with Gasteiger partial charge in [-0.2, -0.15) is 0 Å². The van der Waals surface area contributed by atoms with Crippen LogP contribution >= 0.6 is 0 Å². The standard InChI is InChI=1S/C19H20N2O3/c22-18(14-8-2-1-3-9-14)20-13-7-6-12-17-19(23)21-15-10-4-5-11-16(15)24-17/h1-5,8-11,17H,6-7,12-13H2,(H,20,22)(H,21,23). The van der Waals surface area contributed by atoms with Crippen molar-refractivity contribution >= 4 is 17.5 Å². The molecule has 1 aliphatic heterocycles. The molecule has 5 nitrogen and oxygen atoms in total. The summed E-state index contributed by atoms with van der Waals surface area (Å²) in [5, 5.41) is 5.74. The molecule has 5 heteroatoms. The molecule has 1 atom stereocenters. The van der Waals surface area contributed by atoms with Crippen LogP contribution in [0.5, 0.6) is 5.75 Å². The smallest absolute Gasteiger partial charge is 0.265 e. The molecule has 0 saturated carbocycles. The van der Waals surface area contributed by atoms with Crippen LogP contribution in [-0.2, 0) is 4.79 Å². The number of nitrogens with one attached hydrogen (secondary N) is 2. The van der Waals surface area contributed by atoms with Crippen molar-refractivity contribution in [1.82, 2.24) is 5.32 Å². The molecule has 1 unspecified atom stereocenters. The van der Waals surface area contributed by atoms with Gasteiger partial charge in [0.05, 0.1) is 5.69 Å². The number of ether oxygens (including phenoxy) is 1. The zero-order valence-corrected chi connectivity index (χ0v) is 13.3. The number of carbonyl (C=O) groups is 2. The van der Waals surface area contributed by atoms with Gasteiger partial charge in [0.2, 0.25) is 0 Å². The largest absolute Gasteiger partial charge is 0.478 e. The van der Waals surface area contributed by atoms with Crippen molar-refractivity contribution in [2.24, 2.45) is 0 Å². The van der Waals surface area contributed by atoms with E-state index in [-0.39, 0.29) is 11.8 Å². The average Bonchev–Trinajstić information content (AvgIpc) is 2.62. The van der Waals surface area contributed by atoms with E-state index in [9.17, 15) is 9.59 Å². The van der Waals surface area contributed by atoms with Crippen LogP contribution in [0.4, 0.5) is 5.69 Å². The van der Waals surface area contributed by atoms with Gasteiger partial charge in [-0.3, -0.25) is 9.59 Å². The van der Waals surface area contributed by atoms with Crippen molar-refractivity contribution in [2.45, 2.75) is 25.4 Å². The first kappa shape index (κ1) is 16.1. The van der Waals surface area contributed by atoms with Crippen LogP contribution in [0, 0.1) is 0 Å². The minimum atomic E-state index is -0.468. The zero-order valence-electron chi connectivity index (χ0n) is 13.3. The number of hydrogen-bond acceptors (Lipinski definition) is 3. The molecule has 24 heavy (non-hydrogen) atoms. The minimum Gasteiger partial charge on any atom is -0.478 e. The maximum Gasteiger partial charge on any atom is 0.265 e. The molecule has 0 spiro atoms. The van der Waals surface area contributed by atoms with Crippen molar-refractivity contribution in [3.8, 4) is 5.75 Å². The summed E-state index contributed by atoms with van der Waals surface area (Å²) in [5.74, 6) is 0.526. The molecule has 2 aromatic rings. The summed E-state index contributed by atoms with van der Waals surface area (Å²) in [4.78, 5) is 23.9. The Bertz CT molecular complexity index is 716. The molecule has 2 amide bonds. The van der Waals surface area contributed by atoms with Gasteiger partial charge in [-0.15, -0.1) is 0 Å². The molecule has 0 bridgehead atoms. The molecule has 0 aliphatic carbocycles. The fourth-order valence-electron chi connectivity index (χ4n) is 2.63. The second-order valence-corrected chi connectivity index (χ2v) is 5.71. The lowest BCUT2D eigenvalue weighted by Gasteiger charge is -2.25. The first-order chi connectivity index (χ1) is 11.7. The van der Waals surface area contributed by atoms with Gasteiger partial charge in [-0.25, -0.2) is 0 Å². The number of amides is 2. The SMILES string of the molecule is O=C(NCCCCC1Oc2ccccc2NC1=O)c1ccccc1. The van der Waals surface area contributed by atoms with Gasteiger partial charge >= 0.3 is 0 Å². The lowest BCUT2D eigenvalue weighted by atomic mass is 10.1. The van der Waals surface area contributed by atoms with Gasteiger partial charge in [-0.05, 0) is 43.5 Å². The molecular formula is C19H20N2O3. The topological polar surface area (TPSA) is 67.4 Å². The van der Waals surface area contributed by atoms with Crippen LogP contribution in [0.25, 0.3) is 0 Å². The molecule has 0 saturated heterocycles. The number of anilines is 1. The number of carbonyl (C=O) groups excluding carboxylic acids is 2. The molecule has 124 valence electrons. The Kier molecular flexibility index (Phi) is 5.11. The summed E-state index contributed by atoms with van der Waals surface area (Å²) in [5.41, 5.74) is 1.37. The summed E-state index contributed by atoms with van der Waals surface area (Å²) >= 11 is 0. The fraction of sp³-hybridized carbons (Fsp3) is 0.263. The predicted octanol–water partition coefficient (Wildman–Crippen LogP) is 2.99. The third-order valence-corrected chi connectivity index (χ3v) is 3.92. The molecule has 1 heterocycles. The maximum absolute atomic E-state index is 12.0. The Morgan fingerprint density at radius 2 is 1.79 bits per heavy atom. The summed E-state index contributed by atoms with van der Waals surface area (Å²) in [6, 6.07) is 16.5. The molecule has 2 aromatic carbocycles. The van der Waals surface area contributed by atoms with E-state index in [1.807, 2.05) is 42.5 Å². The molecule has 2 N–H and O–H groups in total. The third-order valence-electron chi connectivity index (χ3n) is 3.92. The van der Waals surface area contributed by atoms with E-state index >= 15 is 0 Å². The number of rotatable bonds is 6. The molecule has 0 fully saturated rings. The van der Waals surface area contributed by atoms with Crippen LogP contribution in [0.2, 0.25) is 0 Å². The van der Waals surface area contributed by atoms with E-state index in [0.717, 1.165) is 12.8 Å². The summed E-state index contributed by atoms with van der Waals surface area (Å²) in [7, 11) is 0. The van der Waals surface area contributed by atoms with Gasteiger partial charge in [0.15, 0.2) is 6.10 Å². The first-order valence-corrected chi connectivity index (χ1v) is 8.14. The second-order valence-electron chi connectivity index (χ2n) is 5.71. The predicted molar refractivity (Wildman–Crippen MR) is 92.1 cm³/mol. The van der Waals surface area contributed by atoms with Crippen LogP contribution in [0.15, 0.2) is 54.6 Å². The average molecular weight is 324 g/mol. The lowest BCUT2D eigenvalue weighted by Crippen LogP contribution is -2.37. The van der Waals surface area contributed by atoms with Gasteiger partial charge in [0.1, 0.15) is 5.75 Å². The van der Waals surface area contributed by atoms with Gasteiger partial charge in [0, 0.05) is 12.1 Å². The number of fused-ring (bicyclic) bond motifs is 1. The summed E-state index contributed by atoms with van der Waals surface area (Å²) in [6.45, 7) is 0.582. The molecule has 3 rings (SSSR count). The summed E-state index contributed by atoms with van der Waals surface area (Å²) in [6.07, 6.45) is 1.76. The van der Waals surface area contributed by atoms with Crippen molar-refractivity contribution in [3.05, 3.63) is 60.2 Å². The molecular weight excluding hydrogens is 304 g/mol. The first-order valence-electron chi connectivity index (χ1n) is 8.14. The van der Waals surface area contributed by atoms with E-state index in [4.69, 9.17) is 4.74 Å². The van der Waals surface area contributed by atoms with Crippen LogP contribution in [0.3, 0.4) is 0 Å². The Balaban J connectivity index is 1.40. The van der Waals surface area contributed by atoms with E-state index in [0.29, 0.717) is 30.0 Å². The number of unbranched alkanes of at least 4 members (excludes halogenated alkanes) is 1. The highest BCUT2D eigenvalue weighted by Crippen LogP contribution is 2.29. The van der Waals surface area contributed by atoms with Crippen molar-refractivity contribution in [3.63, 3.8) is 0 Å². The Hall–Kier alpha value is -2.82. The Labute approximate surface area is 141 Å². The second kappa shape index (κ2) is 7.64. The zero-order chi connectivity index (χ0) is 16.8. The van der Waals surface area contributed by atoms with Crippen molar-refractivity contribution in [2.75, 3.05) is 11.9 Å². The van der Waals surface area contributed by atoms with Crippen LogP contribution < -0.4 is 15.4 Å². The number of hydrogen-bond donors (Lipinski definition) is 2. The van der Waals surface area contributed by atoms with Crippen LogP contribution in [-0.4, -0.2) is 24.5 Å². The Morgan fingerprint density at radius 1 is 1.04 bits per heavy atom. The van der Waals surface area contributed by atoms with Gasteiger partial charge in [0.25, 0.3) is 11.8 Å². The minimum absolute atomic E-state index is 0.0730. The Morgan fingerprint density at radius 3 is 2.62 bits per heavy atom. The number of para-hydroxylation sites is 2. The molecule has 0 radical (unpaired) electrons. The van der Waals surface area contributed by atoms with Gasteiger partial charge in [-0.1, -0.05) is 30.3 Å². The van der Waals surface area contributed by atoms with E-state index < -0.39 is 6.10 Å². The fourth-order valence-corrected chi connectivity index (χ4v) is 2.63.